The minimum absolute atomic E-state index is 0.554. The SMILES string of the molecule is FC(F)(F)c1ccc(-c2cc3c(c(N4CCC(N5CCOCC5)C4)c2)CCCC3)cc1. The summed E-state index contributed by atoms with van der Waals surface area (Å²) in [6, 6.07) is 10.6. The van der Waals surface area contributed by atoms with Gasteiger partial charge in [0.15, 0.2) is 0 Å². The molecule has 2 saturated heterocycles. The van der Waals surface area contributed by atoms with Crippen LogP contribution in [0.3, 0.4) is 0 Å². The number of nitrogens with zero attached hydrogens (tertiary/aromatic N) is 2. The first-order valence-electron chi connectivity index (χ1n) is 11.4. The van der Waals surface area contributed by atoms with Gasteiger partial charge in [-0.15, -0.1) is 0 Å². The third-order valence-corrected chi connectivity index (χ3v) is 7.05. The number of halogens is 3. The van der Waals surface area contributed by atoms with Crippen LogP contribution in [0.15, 0.2) is 36.4 Å². The molecule has 1 aliphatic carbocycles. The maximum atomic E-state index is 13.0. The molecule has 2 fully saturated rings. The standard InChI is InChI=1S/C25H29F3N2O/c26-25(27,28)21-7-5-18(6-8-21)20-15-19-3-1-2-4-23(19)24(16-20)30-10-9-22(17-30)29-11-13-31-14-12-29/h5-8,15-16,22H,1-4,9-14,17H2. The number of rotatable bonds is 3. The number of hydrogen-bond donors (Lipinski definition) is 0. The summed E-state index contributed by atoms with van der Waals surface area (Å²) in [6.45, 7) is 5.68. The third kappa shape index (κ3) is 4.33. The van der Waals surface area contributed by atoms with Crippen molar-refractivity contribution in [1.82, 2.24) is 4.90 Å². The Kier molecular flexibility index (Phi) is 5.69. The highest BCUT2D eigenvalue weighted by Crippen LogP contribution is 2.38. The fourth-order valence-corrected chi connectivity index (χ4v) is 5.35. The average Bonchev–Trinajstić information content (AvgIpc) is 3.29. The van der Waals surface area contributed by atoms with Crippen LogP contribution in [0.4, 0.5) is 18.9 Å². The molecular weight excluding hydrogens is 401 g/mol. The number of hydrogen-bond acceptors (Lipinski definition) is 3. The normalized spacial score (nSPS) is 22.5. The first-order valence-corrected chi connectivity index (χ1v) is 11.4. The molecular formula is C25H29F3N2O. The smallest absolute Gasteiger partial charge is 0.379 e. The number of anilines is 1. The van der Waals surface area contributed by atoms with Gasteiger partial charge < -0.3 is 9.64 Å². The van der Waals surface area contributed by atoms with Gasteiger partial charge in [0.05, 0.1) is 18.8 Å². The number of aryl methyl sites for hydroxylation is 1. The summed E-state index contributed by atoms with van der Waals surface area (Å²) in [6.07, 6.45) is 1.39. The fourth-order valence-electron chi connectivity index (χ4n) is 5.35. The number of alkyl halides is 3. The second-order valence-electron chi connectivity index (χ2n) is 8.95. The molecule has 3 aliphatic rings. The van der Waals surface area contributed by atoms with Crippen LogP contribution in [0, 0.1) is 0 Å². The second kappa shape index (κ2) is 8.47. The third-order valence-electron chi connectivity index (χ3n) is 7.05. The van der Waals surface area contributed by atoms with Crippen LogP contribution in [-0.2, 0) is 23.8 Å². The van der Waals surface area contributed by atoms with E-state index in [0.29, 0.717) is 6.04 Å². The number of ether oxygens (including phenoxy) is 1. The highest BCUT2D eigenvalue weighted by molar-refractivity contribution is 5.73. The number of benzene rings is 2. The molecule has 1 unspecified atom stereocenters. The van der Waals surface area contributed by atoms with Gasteiger partial charge in [-0.2, -0.15) is 13.2 Å². The zero-order chi connectivity index (χ0) is 21.4. The fraction of sp³-hybridized carbons (Fsp3) is 0.520. The molecule has 0 aromatic heterocycles. The van der Waals surface area contributed by atoms with Gasteiger partial charge in [0.25, 0.3) is 0 Å². The van der Waals surface area contributed by atoms with Gasteiger partial charge >= 0.3 is 6.18 Å². The summed E-state index contributed by atoms with van der Waals surface area (Å²) in [5.41, 5.74) is 5.40. The quantitative estimate of drug-likeness (QED) is 0.669. The van der Waals surface area contributed by atoms with Gasteiger partial charge in [0.2, 0.25) is 0 Å². The van der Waals surface area contributed by atoms with Crippen molar-refractivity contribution >= 4 is 5.69 Å². The van der Waals surface area contributed by atoms with Crippen molar-refractivity contribution in [2.24, 2.45) is 0 Å². The maximum absolute atomic E-state index is 13.0. The van der Waals surface area contributed by atoms with E-state index >= 15 is 0 Å². The summed E-state index contributed by atoms with van der Waals surface area (Å²) >= 11 is 0. The lowest BCUT2D eigenvalue weighted by Crippen LogP contribution is -2.44. The number of fused-ring (bicyclic) bond motifs is 1. The van der Waals surface area contributed by atoms with Gasteiger partial charge in [-0.25, -0.2) is 0 Å². The Balaban J connectivity index is 1.45. The van der Waals surface area contributed by atoms with E-state index in [1.165, 1.54) is 41.8 Å². The molecule has 2 heterocycles. The van der Waals surface area contributed by atoms with E-state index in [2.05, 4.69) is 21.9 Å². The predicted molar refractivity (Wildman–Crippen MR) is 117 cm³/mol. The zero-order valence-corrected chi connectivity index (χ0v) is 17.8. The minimum atomic E-state index is -4.30. The first kappa shape index (κ1) is 20.8. The molecule has 5 rings (SSSR count). The zero-order valence-electron chi connectivity index (χ0n) is 17.8. The Hall–Kier alpha value is -2.05. The van der Waals surface area contributed by atoms with Crippen LogP contribution in [0.2, 0.25) is 0 Å². The second-order valence-corrected chi connectivity index (χ2v) is 8.95. The lowest BCUT2D eigenvalue weighted by atomic mass is 9.87. The summed E-state index contributed by atoms with van der Waals surface area (Å²) in [4.78, 5) is 5.06. The Labute approximate surface area is 181 Å². The first-order chi connectivity index (χ1) is 15.0. The molecule has 0 amide bonds. The largest absolute Gasteiger partial charge is 0.416 e. The summed E-state index contributed by atoms with van der Waals surface area (Å²) < 4.78 is 44.5. The minimum Gasteiger partial charge on any atom is -0.379 e. The molecule has 31 heavy (non-hydrogen) atoms. The maximum Gasteiger partial charge on any atom is 0.416 e. The lowest BCUT2D eigenvalue weighted by molar-refractivity contribution is -0.137. The molecule has 0 N–H and O–H groups in total. The van der Waals surface area contributed by atoms with Crippen LogP contribution in [0.1, 0.15) is 36.0 Å². The Morgan fingerprint density at radius 3 is 2.35 bits per heavy atom. The van der Waals surface area contributed by atoms with Crippen LogP contribution in [-0.4, -0.2) is 50.3 Å². The summed E-state index contributed by atoms with van der Waals surface area (Å²) in [7, 11) is 0. The van der Waals surface area contributed by atoms with Crippen molar-refractivity contribution in [2.45, 2.75) is 44.3 Å². The molecule has 6 heteroatoms. The van der Waals surface area contributed by atoms with E-state index in [4.69, 9.17) is 4.74 Å². The van der Waals surface area contributed by atoms with Crippen molar-refractivity contribution < 1.29 is 17.9 Å². The van der Waals surface area contributed by atoms with Crippen LogP contribution >= 0.6 is 0 Å². The Morgan fingerprint density at radius 1 is 0.871 bits per heavy atom. The molecule has 0 saturated carbocycles. The van der Waals surface area contributed by atoms with Crippen LogP contribution < -0.4 is 4.90 Å². The summed E-state index contributed by atoms with van der Waals surface area (Å²) in [5, 5.41) is 0. The highest BCUT2D eigenvalue weighted by Gasteiger charge is 2.32. The van der Waals surface area contributed by atoms with Crippen LogP contribution in [0.25, 0.3) is 11.1 Å². The van der Waals surface area contributed by atoms with Gasteiger partial charge in [-0.05, 0) is 72.6 Å². The molecule has 0 radical (unpaired) electrons. The van der Waals surface area contributed by atoms with Crippen molar-refractivity contribution in [3.63, 3.8) is 0 Å². The molecule has 0 bridgehead atoms. The van der Waals surface area contributed by atoms with Crippen molar-refractivity contribution in [3.05, 3.63) is 53.1 Å². The van der Waals surface area contributed by atoms with E-state index in [9.17, 15) is 13.2 Å². The van der Waals surface area contributed by atoms with E-state index < -0.39 is 11.7 Å². The predicted octanol–water partition coefficient (Wildman–Crippen LogP) is 5.16. The average molecular weight is 431 g/mol. The van der Waals surface area contributed by atoms with E-state index in [1.807, 2.05) is 0 Å². The molecule has 0 spiro atoms. The van der Waals surface area contributed by atoms with Gasteiger partial charge in [0.1, 0.15) is 0 Å². The van der Waals surface area contributed by atoms with E-state index in [1.54, 1.807) is 12.1 Å². The van der Waals surface area contributed by atoms with E-state index in [0.717, 1.165) is 69.8 Å². The topological polar surface area (TPSA) is 15.7 Å². The molecule has 2 aliphatic heterocycles. The van der Waals surface area contributed by atoms with Gasteiger partial charge in [0, 0.05) is 37.9 Å². The Bertz CT molecular complexity index is 920. The molecule has 3 nitrogen and oxygen atoms in total. The van der Waals surface area contributed by atoms with Gasteiger partial charge in [-0.1, -0.05) is 18.2 Å². The lowest BCUT2D eigenvalue weighted by Gasteiger charge is -2.33. The van der Waals surface area contributed by atoms with Crippen molar-refractivity contribution in [2.75, 3.05) is 44.3 Å². The highest BCUT2D eigenvalue weighted by atomic mass is 19.4. The molecule has 2 aromatic rings. The van der Waals surface area contributed by atoms with Crippen molar-refractivity contribution in [1.29, 1.82) is 0 Å². The van der Waals surface area contributed by atoms with Crippen molar-refractivity contribution in [3.8, 4) is 11.1 Å². The van der Waals surface area contributed by atoms with Gasteiger partial charge in [-0.3, -0.25) is 4.90 Å². The monoisotopic (exact) mass is 430 g/mol. The van der Waals surface area contributed by atoms with E-state index in [-0.39, 0.29) is 0 Å². The molecule has 1 atom stereocenters. The van der Waals surface area contributed by atoms with Crippen LogP contribution in [0.5, 0.6) is 0 Å². The Morgan fingerprint density at radius 2 is 1.61 bits per heavy atom. The molecule has 2 aromatic carbocycles. The number of morpholine rings is 1. The summed E-state index contributed by atoms with van der Waals surface area (Å²) in [5.74, 6) is 0. The molecule has 166 valence electrons.